The highest BCUT2D eigenvalue weighted by Gasteiger charge is 2.63. The number of hydrogen-bond acceptors (Lipinski definition) is 22. The van der Waals surface area contributed by atoms with Crippen molar-refractivity contribution in [3.05, 3.63) is 85.1 Å². The van der Waals surface area contributed by atoms with Gasteiger partial charge in [-0.2, -0.15) is 0 Å². The van der Waals surface area contributed by atoms with Gasteiger partial charge in [0.05, 0.1) is 85.9 Å². The topological polar surface area (TPSA) is 332 Å². The van der Waals surface area contributed by atoms with Crippen molar-refractivity contribution >= 4 is 103 Å². The number of nitrogens with zero attached hydrogens (tertiary/aromatic N) is 8. The number of methoxy groups -OCH3 is 2. The van der Waals surface area contributed by atoms with Crippen molar-refractivity contribution in [1.82, 2.24) is 39.7 Å². The fourth-order valence-electron chi connectivity index (χ4n) is 17.2. The fraction of sp³-hybridized carbons (Fsp3) is 0.578. The predicted octanol–water partition coefficient (Wildman–Crippen LogP) is 13.4. The number of amides is 2. The molecule has 111 heavy (non-hydrogen) atoms. The second-order valence-electron chi connectivity index (χ2n) is 34.7. The van der Waals surface area contributed by atoms with Crippen molar-refractivity contribution in [2.75, 3.05) is 37.9 Å². The van der Waals surface area contributed by atoms with Gasteiger partial charge >= 0.3 is 23.9 Å². The molecule has 2 amide bonds. The lowest BCUT2D eigenvalue weighted by molar-refractivity contribution is -0.157. The van der Waals surface area contributed by atoms with Crippen molar-refractivity contribution in [1.29, 1.82) is 0 Å². The summed E-state index contributed by atoms with van der Waals surface area (Å²) in [6.45, 7) is 27.1. The summed E-state index contributed by atoms with van der Waals surface area (Å²) >= 11 is 8.13. The monoisotopic (exact) mass is 1560 g/mol. The van der Waals surface area contributed by atoms with E-state index in [1.54, 1.807) is 60.5 Å². The number of aliphatic carboxylic acids is 2. The van der Waals surface area contributed by atoms with E-state index in [1.165, 1.54) is 41.1 Å². The number of fused-ring (bicyclic) bond motifs is 4. The molecule has 8 fully saturated rings. The Morgan fingerprint density at radius 3 is 1.59 bits per heavy atom. The van der Waals surface area contributed by atoms with Crippen LogP contribution >= 0.6 is 22.9 Å². The molecule has 16 atom stereocenters. The summed E-state index contributed by atoms with van der Waals surface area (Å²) in [5.74, 6) is -1.06. The summed E-state index contributed by atoms with van der Waals surface area (Å²) in [7, 11) is 3.09. The third kappa shape index (κ3) is 17.2. The van der Waals surface area contributed by atoms with Gasteiger partial charge in [-0.15, -0.1) is 28.5 Å². The van der Waals surface area contributed by atoms with Crippen LogP contribution in [-0.4, -0.2) is 173 Å². The zero-order valence-electron chi connectivity index (χ0n) is 65.3. The van der Waals surface area contributed by atoms with Crippen LogP contribution in [0.1, 0.15) is 159 Å². The van der Waals surface area contributed by atoms with Crippen LogP contribution in [0, 0.1) is 69.0 Å². The number of carboxylic acid groups (broad SMARTS) is 2. The molecule has 6 aliphatic carbocycles. The number of Topliss-reactive ketones (excluding diaryl/α,β-unsaturated/α-hetero) is 2. The maximum Gasteiger partial charge on any atom is 0.310 e. The molecule has 4 N–H and O–H groups in total. The molecule has 6 heterocycles. The standard InChI is InChI=1S/C42H53N5O8.C41H50ClN5O8S/c1-8-26-20-42(26,40(51)52)21-34(48)33-17-29(22-46(33)39(50)31(41(4,5)6)18-38(49)55-28-14-24-13-25(24)15-28)54-35-19-37(47-12-11-36(45-47)43-23(2)3)44-32-16-27(53-7)9-10-30(32)35;1-8-23-17-41(23,38(51)52)18-30(48)29-14-25(19-47(29)37(50)27(40(4,5)6)15-33(49)55-24-12-21-11-22(21)13-24)54-32-16-28(36-45-46-39(56-36)43-20(2)3)44-35-26(32)9-10-31(53-7)34(35)42/h8-12,16,19,23-26,28-29,31,33H,1,13-15,17-18,20-22H2,2-7H3,(H,43,45)(H,51,52);8-10,16,20-25,27,29H,1,11-15,17-19H2,2-7H3,(H,43,46)(H,51,52)/t24-,25+,26-,28?,29-,31-,33+,42-;21-,22+,23-,24?,25-,27-,29+,41-/m11/s1. The third-order valence-electron chi connectivity index (χ3n) is 23.9. The number of esters is 2. The predicted molar refractivity (Wildman–Crippen MR) is 417 cm³/mol. The number of ether oxygens (including phenoxy) is 6. The minimum Gasteiger partial charge on any atom is -0.497 e. The molecule has 26 nitrogen and oxygen atoms in total. The molecular weight excluding hydrogens is 1460 g/mol. The van der Waals surface area contributed by atoms with Crippen LogP contribution in [0.5, 0.6) is 23.0 Å². The highest BCUT2D eigenvalue weighted by molar-refractivity contribution is 7.18. The molecule has 0 bridgehead atoms. The smallest absolute Gasteiger partial charge is 0.310 e. The Morgan fingerprint density at radius 2 is 1.13 bits per heavy atom. The lowest BCUT2D eigenvalue weighted by Crippen LogP contribution is -2.48. The van der Waals surface area contributed by atoms with Gasteiger partial charge < -0.3 is 59.1 Å². The van der Waals surface area contributed by atoms with Crippen LogP contribution in [-0.2, 0) is 47.8 Å². The average Bonchev–Trinajstić information content (AvgIpc) is 1.60. The molecule has 2 aliphatic heterocycles. The molecule has 594 valence electrons. The van der Waals surface area contributed by atoms with Crippen LogP contribution < -0.4 is 29.6 Å². The summed E-state index contributed by atoms with van der Waals surface area (Å²) in [6, 6.07) is 12.7. The molecule has 2 aromatic carbocycles. The lowest BCUT2D eigenvalue weighted by atomic mass is 9.77. The van der Waals surface area contributed by atoms with Crippen LogP contribution in [0.2, 0.25) is 5.02 Å². The number of likely N-dealkylation sites (tertiary alicyclic amines) is 2. The highest BCUT2D eigenvalue weighted by atomic mass is 35.5. The van der Waals surface area contributed by atoms with Gasteiger partial charge in [0.15, 0.2) is 22.4 Å². The van der Waals surface area contributed by atoms with Crippen molar-refractivity contribution in [2.45, 2.75) is 208 Å². The number of rotatable bonds is 30. The minimum absolute atomic E-state index is 0.0259. The zero-order chi connectivity index (χ0) is 79.7. The van der Waals surface area contributed by atoms with Crippen molar-refractivity contribution in [3.63, 3.8) is 0 Å². The normalized spacial score (nSPS) is 27.2. The SMILES string of the molecule is C=C[C@@H]1C[C@]1(CC(=O)[C@@H]1C[C@@H](Oc2cc(-c3nnc(NC(C)C)s3)nc3c(Cl)c(OC)ccc23)CN1C(=O)[C@@H](CC(=O)OC1C[C@@H]2C[C@@H]2C1)C(C)(C)C)C(=O)O.C=C[C@@H]1C[C@]1(CC(=O)[C@@H]1C[C@@H](Oc2cc(-n3ccc(NC(C)C)n3)nc3cc(OC)ccc23)CN1C(=O)[C@@H](CC(=O)OC1C[C@@H]2C[C@@H]2C1)C(C)(C)C)C(=O)O. The number of carbonyl (C=O) groups is 8. The molecule has 14 rings (SSSR count). The number of anilines is 2. The fourth-order valence-corrected chi connectivity index (χ4v) is 18.3. The van der Waals surface area contributed by atoms with Crippen LogP contribution in [0.15, 0.2) is 80.0 Å². The largest absolute Gasteiger partial charge is 0.497 e. The number of benzene rings is 2. The average molecular weight is 1560 g/mol. The highest BCUT2D eigenvalue weighted by Crippen LogP contribution is 2.59. The number of carboxylic acids is 2. The molecule has 4 aromatic heterocycles. The quantitative estimate of drug-likeness (QED) is 0.0240. The van der Waals surface area contributed by atoms with Gasteiger partial charge in [0, 0.05) is 79.0 Å². The first-order valence-corrected chi connectivity index (χ1v) is 40.0. The van der Waals surface area contributed by atoms with E-state index in [-0.39, 0.29) is 116 Å². The molecule has 6 saturated carbocycles. The molecule has 8 aliphatic rings. The van der Waals surface area contributed by atoms with Gasteiger partial charge in [0.2, 0.25) is 16.9 Å². The number of ketones is 2. The maximum atomic E-state index is 14.7. The van der Waals surface area contributed by atoms with E-state index < -0.39 is 81.7 Å². The van der Waals surface area contributed by atoms with Gasteiger partial charge in [-0.25, -0.2) is 14.6 Å². The number of carbonyl (C=O) groups excluding carboxylic acids is 6. The summed E-state index contributed by atoms with van der Waals surface area (Å²) in [5.41, 5.74) is -2.36. The van der Waals surface area contributed by atoms with Gasteiger partial charge in [0.25, 0.3) is 0 Å². The first-order valence-electron chi connectivity index (χ1n) is 38.8. The molecule has 6 aromatic rings. The zero-order valence-corrected chi connectivity index (χ0v) is 66.9. The Balaban J connectivity index is 0.000000195. The number of pyridine rings is 2. The van der Waals surface area contributed by atoms with Crippen LogP contribution in [0.4, 0.5) is 10.9 Å². The first kappa shape index (κ1) is 79.8. The van der Waals surface area contributed by atoms with E-state index in [2.05, 4.69) is 39.1 Å². The van der Waals surface area contributed by atoms with Crippen molar-refractivity contribution in [3.8, 4) is 39.5 Å². The third-order valence-corrected chi connectivity index (χ3v) is 25.1. The van der Waals surface area contributed by atoms with Gasteiger partial charge in [-0.3, -0.25) is 38.4 Å². The second kappa shape index (κ2) is 31.4. The number of hydrogen-bond donors (Lipinski definition) is 4. The van der Waals surface area contributed by atoms with E-state index in [1.807, 2.05) is 87.4 Å². The van der Waals surface area contributed by atoms with E-state index in [0.29, 0.717) is 109 Å². The van der Waals surface area contributed by atoms with E-state index in [0.717, 1.165) is 25.7 Å². The number of halogens is 1. The van der Waals surface area contributed by atoms with E-state index in [4.69, 9.17) is 50.0 Å². The molecule has 28 heteroatoms. The van der Waals surface area contributed by atoms with Crippen molar-refractivity contribution in [2.24, 2.45) is 69.0 Å². The second-order valence-corrected chi connectivity index (χ2v) is 36.0. The Kier molecular flexibility index (Phi) is 22.6. The molecule has 0 radical (unpaired) electrons. The van der Waals surface area contributed by atoms with Gasteiger partial charge in [-0.05, 0) is 150 Å². The Hall–Kier alpha value is -9.24. The summed E-state index contributed by atoms with van der Waals surface area (Å²) in [6.07, 6.45) is 9.37. The summed E-state index contributed by atoms with van der Waals surface area (Å²) < 4.78 is 37.8. The van der Waals surface area contributed by atoms with E-state index >= 15 is 0 Å². The molecule has 2 saturated heterocycles. The Morgan fingerprint density at radius 1 is 0.622 bits per heavy atom. The summed E-state index contributed by atoms with van der Waals surface area (Å²) in [5, 5.41) is 42.8. The number of allylic oxidation sites excluding steroid dienone is 2. The van der Waals surface area contributed by atoms with Crippen LogP contribution in [0.25, 0.3) is 38.3 Å². The summed E-state index contributed by atoms with van der Waals surface area (Å²) in [4.78, 5) is 122. The Labute approximate surface area is 655 Å². The molecular formula is C83H103ClN10O16S. The van der Waals surface area contributed by atoms with Crippen LogP contribution in [0.3, 0.4) is 0 Å². The van der Waals surface area contributed by atoms with Gasteiger partial charge in [0.1, 0.15) is 63.9 Å². The minimum atomic E-state index is -1.27. The number of aromatic nitrogens is 6. The Bertz CT molecular complexity index is 4620. The van der Waals surface area contributed by atoms with E-state index in [9.17, 15) is 48.6 Å². The molecule has 2 unspecified atom stereocenters. The maximum absolute atomic E-state index is 14.7. The molecule has 0 spiro atoms. The van der Waals surface area contributed by atoms with Gasteiger partial charge in [-0.1, -0.05) is 76.6 Å². The first-order chi connectivity index (χ1) is 52.6. The van der Waals surface area contributed by atoms with Crippen molar-refractivity contribution < 1.29 is 77.0 Å². The lowest BCUT2D eigenvalue weighted by Gasteiger charge is -2.35. The number of nitrogens with one attached hydrogen (secondary N) is 2.